The Hall–Kier alpha value is -1.78. The van der Waals surface area contributed by atoms with Crippen LogP contribution in [-0.2, 0) is 19.4 Å². The monoisotopic (exact) mass is 348 g/mol. The molecule has 1 aliphatic carbocycles. The second-order valence-corrected chi connectivity index (χ2v) is 6.17. The normalized spacial score (nSPS) is 16.2. The van der Waals surface area contributed by atoms with Crippen LogP contribution in [0.2, 0.25) is 0 Å². The summed E-state index contributed by atoms with van der Waals surface area (Å²) in [5.74, 6) is 0.707. The van der Waals surface area contributed by atoms with E-state index in [2.05, 4.69) is 31.2 Å². The number of benzene rings is 1. The number of hydrogen-bond acceptors (Lipinski definition) is 3. The van der Waals surface area contributed by atoms with E-state index in [0.29, 0.717) is 17.9 Å². The van der Waals surface area contributed by atoms with Gasteiger partial charge in [0.05, 0.1) is 12.1 Å². The van der Waals surface area contributed by atoms with Crippen LogP contribution in [0.1, 0.15) is 47.0 Å². The minimum Gasteiger partial charge on any atom is -0.467 e. The molecule has 0 radical (unpaired) electrons. The Morgan fingerprint density at radius 3 is 2.75 bits per heavy atom. The smallest absolute Gasteiger partial charge is 0.257 e. The molecule has 1 aliphatic rings. The molecule has 0 aliphatic heterocycles. The summed E-state index contributed by atoms with van der Waals surface area (Å²) in [5.41, 5.74) is 8.97. The Labute approximate surface area is 149 Å². The number of nitrogens with two attached hydrogens (primary N) is 1. The Morgan fingerprint density at radius 1 is 1.33 bits per heavy atom. The number of nitrogens with zero attached hydrogens (tertiary/aromatic N) is 1. The van der Waals surface area contributed by atoms with Crippen molar-refractivity contribution in [1.82, 2.24) is 4.90 Å². The van der Waals surface area contributed by atoms with Crippen molar-refractivity contribution in [3.8, 4) is 0 Å². The number of amides is 1. The second-order valence-electron chi connectivity index (χ2n) is 6.17. The van der Waals surface area contributed by atoms with Gasteiger partial charge in [0.2, 0.25) is 0 Å². The lowest BCUT2D eigenvalue weighted by Gasteiger charge is -2.35. The molecule has 2 aromatic rings. The molecule has 1 heterocycles. The molecule has 0 saturated heterocycles. The maximum atomic E-state index is 12.9. The van der Waals surface area contributed by atoms with Crippen LogP contribution < -0.4 is 5.73 Å². The van der Waals surface area contributed by atoms with Gasteiger partial charge in [-0.1, -0.05) is 31.2 Å². The number of furan rings is 1. The summed E-state index contributed by atoms with van der Waals surface area (Å²) in [6.07, 6.45) is 5.47. The first-order valence-electron chi connectivity index (χ1n) is 8.38. The lowest BCUT2D eigenvalue weighted by molar-refractivity contribution is 0.0661. The second kappa shape index (κ2) is 8.36. The summed E-state index contributed by atoms with van der Waals surface area (Å²) in [7, 11) is 0. The molecule has 4 nitrogen and oxygen atoms in total. The summed E-state index contributed by atoms with van der Waals surface area (Å²) in [4.78, 5) is 14.9. The molecule has 1 aromatic heterocycles. The van der Waals surface area contributed by atoms with Crippen LogP contribution in [0.25, 0.3) is 0 Å². The van der Waals surface area contributed by atoms with Crippen molar-refractivity contribution in [1.29, 1.82) is 0 Å². The SMILES string of the molecule is CCCN(C(=O)c1coc(CN)c1)C1CCc2ccccc2C1.Cl. The average Bonchev–Trinajstić information content (AvgIpc) is 3.08. The van der Waals surface area contributed by atoms with Gasteiger partial charge in [-0.05, 0) is 42.9 Å². The number of rotatable bonds is 5. The van der Waals surface area contributed by atoms with Gasteiger partial charge in [0, 0.05) is 12.6 Å². The third-order valence-electron chi connectivity index (χ3n) is 4.59. The molecule has 1 aromatic carbocycles. The van der Waals surface area contributed by atoms with Gasteiger partial charge in [-0.25, -0.2) is 0 Å². The lowest BCUT2D eigenvalue weighted by Crippen LogP contribution is -2.43. The zero-order chi connectivity index (χ0) is 16.2. The third-order valence-corrected chi connectivity index (χ3v) is 4.59. The first kappa shape index (κ1) is 18.6. The molecular weight excluding hydrogens is 324 g/mol. The molecule has 3 rings (SSSR count). The van der Waals surface area contributed by atoms with Gasteiger partial charge in [-0.15, -0.1) is 12.4 Å². The van der Waals surface area contributed by atoms with E-state index in [1.54, 1.807) is 6.07 Å². The van der Waals surface area contributed by atoms with E-state index in [4.69, 9.17) is 10.2 Å². The predicted octanol–water partition coefficient (Wildman–Crippen LogP) is 3.57. The summed E-state index contributed by atoms with van der Waals surface area (Å²) in [5, 5.41) is 0. The van der Waals surface area contributed by atoms with Crippen molar-refractivity contribution in [3.63, 3.8) is 0 Å². The minimum atomic E-state index is 0. The van der Waals surface area contributed by atoms with Crippen molar-refractivity contribution in [2.75, 3.05) is 6.54 Å². The average molecular weight is 349 g/mol. The molecule has 24 heavy (non-hydrogen) atoms. The van der Waals surface area contributed by atoms with Gasteiger partial charge in [-0.2, -0.15) is 0 Å². The summed E-state index contributed by atoms with van der Waals surface area (Å²) < 4.78 is 5.33. The fraction of sp³-hybridized carbons (Fsp3) is 0.421. The van der Waals surface area contributed by atoms with Crippen LogP contribution in [0.5, 0.6) is 0 Å². The maximum absolute atomic E-state index is 12.9. The van der Waals surface area contributed by atoms with Crippen molar-refractivity contribution >= 4 is 18.3 Å². The van der Waals surface area contributed by atoms with Crippen LogP contribution in [0.4, 0.5) is 0 Å². The van der Waals surface area contributed by atoms with Gasteiger partial charge >= 0.3 is 0 Å². The molecule has 0 spiro atoms. The standard InChI is InChI=1S/C19H24N2O2.ClH/c1-2-9-21(19(22)16-11-18(12-20)23-13-16)17-8-7-14-5-3-4-6-15(14)10-17;/h3-6,11,13,17H,2,7-10,12,20H2,1H3;1H. The van der Waals surface area contributed by atoms with E-state index in [1.807, 2.05) is 4.90 Å². The van der Waals surface area contributed by atoms with E-state index in [-0.39, 0.29) is 24.4 Å². The predicted molar refractivity (Wildman–Crippen MR) is 97.4 cm³/mol. The zero-order valence-corrected chi connectivity index (χ0v) is 14.8. The molecule has 1 amide bonds. The summed E-state index contributed by atoms with van der Waals surface area (Å²) in [6, 6.07) is 10.6. The van der Waals surface area contributed by atoms with E-state index < -0.39 is 0 Å². The summed E-state index contributed by atoms with van der Waals surface area (Å²) >= 11 is 0. The first-order valence-corrected chi connectivity index (χ1v) is 8.38. The van der Waals surface area contributed by atoms with Gasteiger partial charge in [0.15, 0.2) is 0 Å². The van der Waals surface area contributed by atoms with E-state index in [9.17, 15) is 4.79 Å². The minimum absolute atomic E-state index is 0. The molecule has 0 fully saturated rings. The van der Waals surface area contributed by atoms with Gasteiger partial charge in [0.1, 0.15) is 12.0 Å². The molecule has 130 valence electrons. The highest BCUT2D eigenvalue weighted by Gasteiger charge is 2.28. The fourth-order valence-corrected chi connectivity index (χ4v) is 3.40. The zero-order valence-electron chi connectivity index (χ0n) is 14.0. The third kappa shape index (κ3) is 3.82. The Kier molecular flexibility index (Phi) is 6.46. The van der Waals surface area contributed by atoms with Crippen molar-refractivity contribution in [2.24, 2.45) is 5.73 Å². The topological polar surface area (TPSA) is 59.5 Å². The van der Waals surface area contributed by atoms with Gasteiger partial charge < -0.3 is 15.1 Å². The first-order chi connectivity index (χ1) is 11.2. The molecule has 1 atom stereocenters. The number of aryl methyl sites for hydroxylation is 1. The highest BCUT2D eigenvalue weighted by atomic mass is 35.5. The molecule has 2 N–H and O–H groups in total. The Bertz CT molecular complexity index is 684. The van der Waals surface area contributed by atoms with Crippen LogP contribution in [0, 0.1) is 0 Å². The summed E-state index contributed by atoms with van der Waals surface area (Å²) in [6.45, 7) is 3.20. The number of carbonyl (C=O) groups excluding carboxylic acids is 1. The van der Waals surface area contributed by atoms with Gasteiger partial charge in [-0.3, -0.25) is 4.79 Å². The molecule has 5 heteroatoms. The van der Waals surface area contributed by atoms with Crippen LogP contribution in [-0.4, -0.2) is 23.4 Å². The number of carbonyl (C=O) groups is 1. The number of halogens is 1. The van der Waals surface area contributed by atoms with Crippen molar-refractivity contribution in [3.05, 3.63) is 59.0 Å². The quantitative estimate of drug-likeness (QED) is 0.898. The lowest BCUT2D eigenvalue weighted by atomic mass is 9.87. The van der Waals surface area contributed by atoms with Crippen LogP contribution in [0.3, 0.4) is 0 Å². The van der Waals surface area contributed by atoms with Crippen molar-refractivity contribution in [2.45, 2.75) is 45.2 Å². The number of hydrogen-bond donors (Lipinski definition) is 1. The molecule has 0 bridgehead atoms. The Balaban J connectivity index is 0.00000208. The van der Waals surface area contributed by atoms with E-state index >= 15 is 0 Å². The van der Waals surface area contributed by atoms with Crippen LogP contribution >= 0.6 is 12.4 Å². The van der Waals surface area contributed by atoms with E-state index in [0.717, 1.165) is 32.2 Å². The van der Waals surface area contributed by atoms with Crippen molar-refractivity contribution < 1.29 is 9.21 Å². The Morgan fingerprint density at radius 2 is 2.08 bits per heavy atom. The highest BCUT2D eigenvalue weighted by Crippen LogP contribution is 2.26. The molecule has 0 saturated carbocycles. The molecular formula is C19H25ClN2O2. The highest BCUT2D eigenvalue weighted by molar-refractivity contribution is 5.94. The van der Waals surface area contributed by atoms with Crippen LogP contribution in [0.15, 0.2) is 41.0 Å². The fourth-order valence-electron chi connectivity index (χ4n) is 3.40. The number of fused-ring (bicyclic) bond motifs is 1. The van der Waals surface area contributed by atoms with Gasteiger partial charge in [0.25, 0.3) is 5.91 Å². The van der Waals surface area contributed by atoms with E-state index in [1.165, 1.54) is 17.4 Å². The molecule has 1 unspecified atom stereocenters. The largest absolute Gasteiger partial charge is 0.467 e. The maximum Gasteiger partial charge on any atom is 0.257 e.